The maximum absolute atomic E-state index is 11.9. The van der Waals surface area contributed by atoms with Crippen molar-refractivity contribution < 1.29 is 4.79 Å². The number of hydrogen-bond donors (Lipinski definition) is 1. The van der Waals surface area contributed by atoms with Crippen molar-refractivity contribution in [1.82, 2.24) is 9.80 Å². The molecule has 0 unspecified atom stereocenters. The van der Waals surface area contributed by atoms with Crippen molar-refractivity contribution in [1.29, 1.82) is 0 Å². The Labute approximate surface area is 105 Å². The number of rotatable bonds is 7. The minimum Gasteiger partial charge on any atom is -0.340 e. The van der Waals surface area contributed by atoms with Crippen LogP contribution in [-0.4, -0.2) is 55.0 Å². The molecule has 1 saturated heterocycles. The van der Waals surface area contributed by atoms with Crippen LogP contribution in [-0.2, 0) is 4.79 Å². The molecule has 1 fully saturated rings. The van der Waals surface area contributed by atoms with E-state index in [2.05, 4.69) is 11.8 Å². The molecular formula is C13H27N3O. The highest BCUT2D eigenvalue weighted by Crippen LogP contribution is 2.07. The lowest BCUT2D eigenvalue weighted by Gasteiger charge is -2.34. The summed E-state index contributed by atoms with van der Waals surface area (Å²) in [6.45, 7) is 7.83. The molecule has 0 spiro atoms. The van der Waals surface area contributed by atoms with Crippen molar-refractivity contribution >= 4 is 5.91 Å². The van der Waals surface area contributed by atoms with E-state index in [0.717, 1.165) is 58.5 Å². The van der Waals surface area contributed by atoms with E-state index in [4.69, 9.17) is 5.73 Å². The molecule has 0 aromatic heterocycles. The van der Waals surface area contributed by atoms with E-state index in [1.54, 1.807) is 0 Å². The first-order valence-corrected chi connectivity index (χ1v) is 6.98. The summed E-state index contributed by atoms with van der Waals surface area (Å²) in [5.74, 6) is 0.344. The summed E-state index contributed by atoms with van der Waals surface area (Å²) in [4.78, 5) is 16.3. The first-order chi connectivity index (χ1) is 8.27. The molecule has 1 aliphatic rings. The number of amides is 1. The van der Waals surface area contributed by atoms with Crippen LogP contribution in [0.3, 0.4) is 0 Å². The van der Waals surface area contributed by atoms with Gasteiger partial charge in [-0.25, -0.2) is 0 Å². The van der Waals surface area contributed by atoms with E-state index in [0.29, 0.717) is 5.91 Å². The first kappa shape index (κ1) is 14.5. The molecule has 4 heteroatoms. The van der Waals surface area contributed by atoms with Gasteiger partial charge in [-0.05, 0) is 25.9 Å². The summed E-state index contributed by atoms with van der Waals surface area (Å²) in [5.41, 5.74) is 5.50. The Kier molecular flexibility index (Phi) is 7.21. The van der Waals surface area contributed by atoms with E-state index in [1.165, 1.54) is 12.8 Å². The average Bonchev–Trinajstić information content (AvgIpc) is 2.37. The zero-order valence-corrected chi connectivity index (χ0v) is 11.2. The Morgan fingerprint density at radius 1 is 1.12 bits per heavy atom. The third-order valence-electron chi connectivity index (χ3n) is 3.40. The maximum Gasteiger partial charge on any atom is 0.222 e. The van der Waals surface area contributed by atoms with Gasteiger partial charge >= 0.3 is 0 Å². The van der Waals surface area contributed by atoms with Crippen LogP contribution in [0.25, 0.3) is 0 Å². The molecule has 4 nitrogen and oxygen atoms in total. The van der Waals surface area contributed by atoms with Crippen LogP contribution < -0.4 is 5.73 Å². The normalized spacial score (nSPS) is 17.4. The predicted molar refractivity (Wildman–Crippen MR) is 70.8 cm³/mol. The van der Waals surface area contributed by atoms with Gasteiger partial charge in [-0.2, -0.15) is 0 Å². The predicted octanol–water partition coefficient (Wildman–Crippen LogP) is 1.06. The molecule has 0 atom stereocenters. The molecule has 1 rings (SSSR count). The third-order valence-corrected chi connectivity index (χ3v) is 3.40. The Morgan fingerprint density at radius 2 is 1.82 bits per heavy atom. The summed E-state index contributed by atoms with van der Waals surface area (Å²) < 4.78 is 0. The number of piperazine rings is 1. The zero-order chi connectivity index (χ0) is 12.5. The quantitative estimate of drug-likeness (QED) is 0.678. The summed E-state index contributed by atoms with van der Waals surface area (Å²) in [7, 11) is 0. The first-order valence-electron chi connectivity index (χ1n) is 6.98. The molecule has 0 aromatic carbocycles. The molecule has 1 amide bonds. The molecule has 17 heavy (non-hydrogen) atoms. The van der Waals surface area contributed by atoms with E-state index in [9.17, 15) is 4.79 Å². The molecule has 2 N–H and O–H groups in total. The van der Waals surface area contributed by atoms with E-state index >= 15 is 0 Å². The number of carbonyl (C=O) groups is 1. The van der Waals surface area contributed by atoms with Crippen molar-refractivity contribution in [3.05, 3.63) is 0 Å². The van der Waals surface area contributed by atoms with Gasteiger partial charge in [0.2, 0.25) is 5.91 Å². The Balaban J connectivity index is 2.15. The van der Waals surface area contributed by atoms with Crippen molar-refractivity contribution in [3.8, 4) is 0 Å². The van der Waals surface area contributed by atoms with Crippen LogP contribution >= 0.6 is 0 Å². The lowest BCUT2D eigenvalue weighted by Crippen LogP contribution is -2.49. The fourth-order valence-electron chi connectivity index (χ4n) is 2.22. The van der Waals surface area contributed by atoms with Gasteiger partial charge in [0.15, 0.2) is 0 Å². The Bertz CT molecular complexity index is 213. The van der Waals surface area contributed by atoms with Crippen molar-refractivity contribution in [2.24, 2.45) is 5.73 Å². The van der Waals surface area contributed by atoms with Crippen molar-refractivity contribution in [2.45, 2.75) is 39.0 Å². The largest absolute Gasteiger partial charge is 0.340 e. The highest BCUT2D eigenvalue weighted by molar-refractivity contribution is 5.76. The number of carbonyl (C=O) groups excluding carboxylic acids is 1. The fraction of sp³-hybridized carbons (Fsp3) is 0.923. The lowest BCUT2D eigenvalue weighted by molar-refractivity contribution is -0.133. The lowest BCUT2D eigenvalue weighted by atomic mass is 10.2. The summed E-state index contributed by atoms with van der Waals surface area (Å²) in [5, 5.41) is 0. The van der Waals surface area contributed by atoms with Crippen LogP contribution in [0.15, 0.2) is 0 Å². The van der Waals surface area contributed by atoms with Gasteiger partial charge < -0.3 is 10.6 Å². The molecule has 0 radical (unpaired) electrons. The van der Waals surface area contributed by atoms with Crippen LogP contribution in [0.2, 0.25) is 0 Å². The van der Waals surface area contributed by atoms with E-state index in [1.807, 2.05) is 4.90 Å². The van der Waals surface area contributed by atoms with Crippen molar-refractivity contribution in [3.63, 3.8) is 0 Å². The number of hydrogen-bond acceptors (Lipinski definition) is 3. The second-order valence-corrected chi connectivity index (χ2v) is 4.82. The van der Waals surface area contributed by atoms with Gasteiger partial charge in [-0.15, -0.1) is 0 Å². The van der Waals surface area contributed by atoms with Gasteiger partial charge in [-0.3, -0.25) is 9.69 Å². The van der Waals surface area contributed by atoms with Crippen LogP contribution in [0.4, 0.5) is 0 Å². The molecule has 1 heterocycles. The topological polar surface area (TPSA) is 49.6 Å². The van der Waals surface area contributed by atoms with Crippen LogP contribution in [0, 0.1) is 0 Å². The Hall–Kier alpha value is -0.610. The molecule has 1 aliphatic heterocycles. The van der Waals surface area contributed by atoms with E-state index in [-0.39, 0.29) is 0 Å². The minimum absolute atomic E-state index is 0.344. The monoisotopic (exact) mass is 241 g/mol. The molecular weight excluding hydrogens is 214 g/mol. The molecule has 0 aliphatic carbocycles. The van der Waals surface area contributed by atoms with E-state index < -0.39 is 0 Å². The summed E-state index contributed by atoms with van der Waals surface area (Å²) >= 11 is 0. The standard InChI is InChI=1S/C13H27N3O/c1-2-3-4-6-13(17)16-11-9-15(10-12-16)8-5-7-14/h2-12,14H2,1H3. The third kappa shape index (κ3) is 5.50. The number of unbranched alkanes of at least 4 members (excludes halogenated alkanes) is 2. The molecule has 0 bridgehead atoms. The SMILES string of the molecule is CCCCCC(=O)N1CCN(CCCN)CC1. The number of nitrogens with two attached hydrogens (primary N) is 1. The molecule has 0 saturated carbocycles. The van der Waals surface area contributed by atoms with Gasteiger partial charge in [-0.1, -0.05) is 19.8 Å². The average molecular weight is 241 g/mol. The zero-order valence-electron chi connectivity index (χ0n) is 11.2. The minimum atomic E-state index is 0.344. The van der Waals surface area contributed by atoms with Crippen molar-refractivity contribution in [2.75, 3.05) is 39.3 Å². The number of nitrogens with zero attached hydrogens (tertiary/aromatic N) is 2. The van der Waals surface area contributed by atoms with Gasteiger partial charge in [0.05, 0.1) is 0 Å². The Morgan fingerprint density at radius 3 is 2.41 bits per heavy atom. The van der Waals surface area contributed by atoms with Crippen LogP contribution in [0.5, 0.6) is 0 Å². The highest BCUT2D eigenvalue weighted by atomic mass is 16.2. The van der Waals surface area contributed by atoms with Gasteiger partial charge in [0, 0.05) is 32.6 Å². The fourth-order valence-corrected chi connectivity index (χ4v) is 2.22. The maximum atomic E-state index is 11.9. The highest BCUT2D eigenvalue weighted by Gasteiger charge is 2.19. The summed E-state index contributed by atoms with van der Waals surface area (Å²) in [6.07, 6.45) is 5.19. The molecule has 100 valence electrons. The second kappa shape index (κ2) is 8.48. The summed E-state index contributed by atoms with van der Waals surface area (Å²) in [6, 6.07) is 0. The molecule has 0 aromatic rings. The smallest absolute Gasteiger partial charge is 0.222 e. The second-order valence-electron chi connectivity index (χ2n) is 4.82. The van der Waals surface area contributed by atoms with Gasteiger partial charge in [0.25, 0.3) is 0 Å². The van der Waals surface area contributed by atoms with Gasteiger partial charge in [0.1, 0.15) is 0 Å². The van der Waals surface area contributed by atoms with Crippen LogP contribution in [0.1, 0.15) is 39.0 Å².